The molecule has 0 saturated carbocycles. The first kappa shape index (κ1) is 11.0. The topological polar surface area (TPSA) is 57.6 Å². The molecular weight excluding hydrogens is 252 g/mol. The Morgan fingerprint density at radius 1 is 1.33 bits per heavy atom. The van der Waals surface area contributed by atoms with Crippen LogP contribution in [0.5, 0.6) is 0 Å². The van der Waals surface area contributed by atoms with E-state index in [9.17, 15) is 4.79 Å². The average Bonchev–Trinajstić information content (AvgIpc) is 2.39. The first-order valence-corrected chi connectivity index (χ1v) is 5.75. The zero-order valence-corrected chi connectivity index (χ0v) is 10.0. The third kappa shape index (κ3) is 1.89. The van der Waals surface area contributed by atoms with Crippen LogP contribution < -0.4 is 5.32 Å². The Bertz CT molecular complexity index is 579. The first-order chi connectivity index (χ1) is 8.74. The third-order valence-electron chi connectivity index (χ3n) is 2.66. The summed E-state index contributed by atoms with van der Waals surface area (Å²) in [4.78, 5) is 21.8. The molecule has 0 radical (unpaired) electrons. The number of rotatable bonds is 1. The lowest BCUT2D eigenvalue weighted by Gasteiger charge is -2.31. The van der Waals surface area contributed by atoms with Gasteiger partial charge >= 0.3 is 6.03 Å². The lowest BCUT2D eigenvalue weighted by atomic mass is 10.2. The molecule has 2 aliphatic rings. The van der Waals surface area contributed by atoms with Crippen LogP contribution in [0.1, 0.15) is 5.56 Å². The highest BCUT2D eigenvalue weighted by Gasteiger charge is 2.28. The highest BCUT2D eigenvalue weighted by atomic mass is 35.5. The van der Waals surface area contributed by atoms with Crippen LogP contribution in [0.4, 0.5) is 4.79 Å². The van der Waals surface area contributed by atoms with Crippen molar-refractivity contribution >= 4 is 23.5 Å². The van der Waals surface area contributed by atoms with Gasteiger partial charge in [0.2, 0.25) is 0 Å². The predicted octanol–water partition coefficient (Wildman–Crippen LogP) is 1.83. The molecule has 1 N–H and O–H groups in total. The molecule has 2 amide bonds. The largest absolute Gasteiger partial charge is 0.329 e. The summed E-state index contributed by atoms with van der Waals surface area (Å²) >= 11 is 5.91. The molecule has 1 unspecified atom stereocenters. The van der Waals surface area contributed by atoms with Gasteiger partial charge in [-0.2, -0.15) is 0 Å². The smallest absolute Gasteiger partial charge is 0.292 e. The van der Waals surface area contributed by atoms with Crippen molar-refractivity contribution < 1.29 is 4.79 Å². The fourth-order valence-electron chi connectivity index (χ4n) is 1.79. The first-order valence-electron chi connectivity index (χ1n) is 5.37. The summed E-state index contributed by atoms with van der Waals surface area (Å²) in [6.45, 7) is 0. The number of urea groups is 1. The number of amides is 2. The van der Waals surface area contributed by atoms with Crippen LogP contribution in [0.2, 0.25) is 0 Å². The lowest BCUT2D eigenvalue weighted by molar-refractivity contribution is 0.209. The van der Waals surface area contributed by atoms with Crippen molar-refractivity contribution in [3.8, 4) is 0 Å². The highest BCUT2D eigenvalue weighted by Crippen LogP contribution is 2.20. The monoisotopic (exact) mass is 260 g/mol. The van der Waals surface area contributed by atoms with E-state index in [1.165, 1.54) is 4.90 Å². The number of nitrogens with zero attached hydrogens (tertiary/aromatic N) is 3. The Morgan fingerprint density at radius 3 is 2.89 bits per heavy atom. The number of amidine groups is 1. The number of hydrogen-bond acceptors (Lipinski definition) is 3. The summed E-state index contributed by atoms with van der Waals surface area (Å²) in [5.74, 6) is 0.527. The molecular formula is C12H9ClN4O. The number of aromatic nitrogens is 1. The Balaban J connectivity index is 1.99. The van der Waals surface area contributed by atoms with E-state index in [-0.39, 0.29) is 12.2 Å². The molecule has 0 spiro atoms. The number of carbonyl (C=O) groups is 1. The maximum absolute atomic E-state index is 11.9. The molecule has 1 aromatic rings. The minimum atomic E-state index is -0.389. The van der Waals surface area contributed by atoms with E-state index >= 15 is 0 Å². The van der Waals surface area contributed by atoms with Crippen molar-refractivity contribution in [2.24, 2.45) is 4.99 Å². The minimum Gasteiger partial charge on any atom is -0.292 e. The molecule has 0 aliphatic carbocycles. The molecule has 5 nitrogen and oxygen atoms in total. The molecule has 0 bridgehead atoms. The summed E-state index contributed by atoms with van der Waals surface area (Å²) < 4.78 is 0. The summed E-state index contributed by atoms with van der Waals surface area (Å²) in [5, 5.41) is 3.31. The molecule has 0 saturated heterocycles. The number of fused-ring (bicyclic) bond motifs is 1. The molecule has 0 aromatic carbocycles. The zero-order valence-electron chi connectivity index (χ0n) is 9.25. The molecule has 6 heteroatoms. The molecule has 0 fully saturated rings. The van der Waals surface area contributed by atoms with E-state index in [1.807, 2.05) is 0 Å². The normalized spacial score (nSPS) is 21.9. The van der Waals surface area contributed by atoms with Gasteiger partial charge in [0.25, 0.3) is 0 Å². The van der Waals surface area contributed by atoms with Gasteiger partial charge in [-0.1, -0.05) is 11.6 Å². The van der Waals surface area contributed by atoms with E-state index in [0.717, 1.165) is 5.56 Å². The van der Waals surface area contributed by atoms with Crippen molar-refractivity contribution in [1.29, 1.82) is 0 Å². The number of hydrogen-bond donors (Lipinski definition) is 1. The van der Waals surface area contributed by atoms with Gasteiger partial charge < -0.3 is 0 Å². The van der Waals surface area contributed by atoms with Gasteiger partial charge in [0.15, 0.2) is 6.17 Å². The van der Waals surface area contributed by atoms with Gasteiger partial charge in [-0.05, 0) is 24.3 Å². The van der Waals surface area contributed by atoms with Crippen molar-refractivity contribution in [2.75, 3.05) is 0 Å². The summed E-state index contributed by atoms with van der Waals surface area (Å²) in [6, 6.07) is 3.36. The minimum absolute atomic E-state index is 0.224. The van der Waals surface area contributed by atoms with Crippen LogP contribution >= 0.6 is 11.6 Å². The Hall–Kier alpha value is -2.14. The maximum atomic E-state index is 11.9. The van der Waals surface area contributed by atoms with Gasteiger partial charge in [0.1, 0.15) is 5.84 Å². The lowest BCUT2D eigenvalue weighted by Crippen LogP contribution is -2.50. The molecule has 2 aliphatic heterocycles. The average molecular weight is 261 g/mol. The fourth-order valence-corrected chi connectivity index (χ4v) is 1.96. The fraction of sp³-hybridized carbons (Fsp3) is 0.0833. The van der Waals surface area contributed by atoms with Crippen LogP contribution in [0.25, 0.3) is 0 Å². The second-order valence-electron chi connectivity index (χ2n) is 3.83. The molecule has 90 valence electrons. The van der Waals surface area contributed by atoms with Crippen LogP contribution in [0, 0.1) is 0 Å². The third-order valence-corrected chi connectivity index (χ3v) is 2.91. The van der Waals surface area contributed by atoms with E-state index in [4.69, 9.17) is 11.6 Å². The number of pyridine rings is 1. The Morgan fingerprint density at radius 2 is 2.11 bits per heavy atom. The second-order valence-corrected chi connectivity index (χ2v) is 4.27. The van der Waals surface area contributed by atoms with Crippen LogP contribution in [0.3, 0.4) is 0 Å². The van der Waals surface area contributed by atoms with Crippen LogP contribution in [-0.2, 0) is 0 Å². The van der Waals surface area contributed by atoms with E-state index in [2.05, 4.69) is 15.3 Å². The van der Waals surface area contributed by atoms with Crippen LogP contribution in [-0.4, -0.2) is 27.9 Å². The zero-order chi connectivity index (χ0) is 12.5. The molecule has 3 heterocycles. The Kier molecular flexibility index (Phi) is 2.60. The molecule has 3 rings (SSSR count). The van der Waals surface area contributed by atoms with Gasteiger partial charge in [-0.15, -0.1) is 0 Å². The van der Waals surface area contributed by atoms with Gasteiger partial charge in [-0.3, -0.25) is 15.2 Å². The van der Waals surface area contributed by atoms with E-state index in [1.54, 1.807) is 42.9 Å². The van der Waals surface area contributed by atoms with Gasteiger partial charge in [0, 0.05) is 29.2 Å². The van der Waals surface area contributed by atoms with Crippen molar-refractivity contribution in [2.45, 2.75) is 6.17 Å². The van der Waals surface area contributed by atoms with Crippen molar-refractivity contribution in [3.05, 3.63) is 53.5 Å². The Labute approximate surface area is 108 Å². The van der Waals surface area contributed by atoms with Crippen molar-refractivity contribution in [3.63, 3.8) is 0 Å². The molecule has 1 aromatic heterocycles. The quantitative estimate of drug-likeness (QED) is 0.837. The molecule has 1 atom stereocenters. The van der Waals surface area contributed by atoms with Crippen molar-refractivity contribution in [1.82, 2.24) is 15.2 Å². The van der Waals surface area contributed by atoms with E-state index in [0.29, 0.717) is 10.9 Å². The predicted molar refractivity (Wildman–Crippen MR) is 68.0 cm³/mol. The number of nitrogens with one attached hydrogen (secondary N) is 1. The highest BCUT2D eigenvalue weighted by molar-refractivity contribution is 6.31. The van der Waals surface area contributed by atoms with E-state index < -0.39 is 0 Å². The van der Waals surface area contributed by atoms with Crippen LogP contribution in [0.15, 0.2) is 52.9 Å². The number of aliphatic imine (C=N–C) groups is 1. The molecule has 18 heavy (non-hydrogen) atoms. The second kappa shape index (κ2) is 4.27. The number of halogens is 1. The summed E-state index contributed by atoms with van der Waals surface area (Å²) in [6.07, 6.45) is 7.92. The van der Waals surface area contributed by atoms with Gasteiger partial charge in [-0.25, -0.2) is 9.79 Å². The standard InChI is InChI=1S/C12H9ClN4O/c13-9-3-6-17-10(7-9)15-11(16-12(17)18)8-1-4-14-5-2-8/h1-7,10H,(H,15,16,18). The maximum Gasteiger partial charge on any atom is 0.329 e. The number of carbonyl (C=O) groups excluding carboxylic acids is 1. The summed E-state index contributed by atoms with van der Waals surface area (Å²) in [7, 11) is 0. The number of allylic oxidation sites excluding steroid dienone is 2. The SMILES string of the molecule is O=C1NC(c2ccncc2)=NC2C=C(Cl)C=CN12. The van der Waals surface area contributed by atoms with Gasteiger partial charge in [0.05, 0.1) is 0 Å². The summed E-state index contributed by atoms with van der Waals surface area (Å²) in [5.41, 5.74) is 0.817.